The normalized spacial score (nSPS) is 11.0. The van der Waals surface area contributed by atoms with Crippen molar-refractivity contribution in [3.63, 3.8) is 0 Å². The van der Waals surface area contributed by atoms with Crippen molar-refractivity contribution in [3.05, 3.63) is 57.9 Å². The molecule has 1 aromatic carbocycles. The third-order valence-corrected chi connectivity index (χ3v) is 3.93. The van der Waals surface area contributed by atoms with Crippen LogP contribution in [0.3, 0.4) is 0 Å². The number of alkyl halides is 2. The number of hydrogen-bond donors (Lipinski definition) is 2. The molecule has 11 heteroatoms. The number of nitrogens with zero attached hydrogens (tertiary/aromatic N) is 4. The SMILES string of the molecule is O=C(NCc1nc(Cc2ccc(F)cc2)n[nH]1)c1nnsc1C(F)F. The molecule has 2 N–H and O–H groups in total. The molecule has 25 heavy (non-hydrogen) atoms. The molecule has 0 unspecified atom stereocenters. The summed E-state index contributed by atoms with van der Waals surface area (Å²) in [7, 11) is 0. The first-order valence-electron chi connectivity index (χ1n) is 7.06. The van der Waals surface area contributed by atoms with Crippen molar-refractivity contribution in [1.82, 2.24) is 30.1 Å². The second-order valence-corrected chi connectivity index (χ2v) is 5.76. The standard InChI is InChI=1S/C14H11F3N6OS/c15-8-3-1-7(2-4-8)5-9-19-10(21-20-9)6-18-14(24)11-12(13(16)17)25-23-22-11/h1-4,13H,5-6H2,(H,18,24)(H,19,20,21). The van der Waals surface area contributed by atoms with Crippen molar-refractivity contribution >= 4 is 17.4 Å². The van der Waals surface area contributed by atoms with Crippen LogP contribution < -0.4 is 5.32 Å². The fourth-order valence-electron chi connectivity index (χ4n) is 2.02. The summed E-state index contributed by atoms with van der Waals surface area (Å²) in [4.78, 5) is 15.6. The molecular weight excluding hydrogens is 357 g/mol. The zero-order valence-corrected chi connectivity index (χ0v) is 13.4. The van der Waals surface area contributed by atoms with Crippen LogP contribution in [0.25, 0.3) is 0 Å². The zero-order chi connectivity index (χ0) is 17.8. The summed E-state index contributed by atoms with van der Waals surface area (Å²) in [5.74, 6) is -0.283. The van der Waals surface area contributed by atoms with E-state index in [2.05, 4.69) is 30.1 Å². The Kier molecular flexibility index (Phi) is 5.03. The molecule has 0 bridgehead atoms. The Labute approximate surface area is 143 Å². The Bertz CT molecular complexity index is 864. The molecule has 0 saturated heterocycles. The van der Waals surface area contributed by atoms with Crippen molar-refractivity contribution in [1.29, 1.82) is 0 Å². The average Bonchev–Trinajstić information content (AvgIpc) is 3.24. The van der Waals surface area contributed by atoms with Crippen LogP contribution in [0.4, 0.5) is 13.2 Å². The molecule has 7 nitrogen and oxygen atoms in total. The summed E-state index contributed by atoms with van der Waals surface area (Å²) in [6.07, 6.45) is -2.43. The Hall–Kier alpha value is -2.82. The van der Waals surface area contributed by atoms with E-state index < -0.39 is 22.9 Å². The number of aromatic nitrogens is 5. The van der Waals surface area contributed by atoms with Crippen LogP contribution in [0.5, 0.6) is 0 Å². The molecule has 3 rings (SSSR count). The molecule has 0 aliphatic heterocycles. The van der Waals surface area contributed by atoms with Gasteiger partial charge in [-0.3, -0.25) is 9.89 Å². The average molecular weight is 368 g/mol. The first-order chi connectivity index (χ1) is 12.0. The van der Waals surface area contributed by atoms with Crippen molar-refractivity contribution in [2.45, 2.75) is 19.4 Å². The van der Waals surface area contributed by atoms with Crippen molar-refractivity contribution in [3.8, 4) is 0 Å². The lowest BCUT2D eigenvalue weighted by Gasteiger charge is -2.01. The van der Waals surface area contributed by atoms with Gasteiger partial charge in [0, 0.05) is 6.42 Å². The van der Waals surface area contributed by atoms with E-state index in [0.717, 1.165) is 5.56 Å². The van der Waals surface area contributed by atoms with Crippen LogP contribution in [-0.2, 0) is 13.0 Å². The third kappa shape index (κ3) is 4.18. The lowest BCUT2D eigenvalue weighted by atomic mass is 10.1. The Morgan fingerprint density at radius 3 is 2.76 bits per heavy atom. The van der Waals surface area contributed by atoms with Gasteiger partial charge in [-0.1, -0.05) is 16.6 Å². The molecule has 0 saturated carbocycles. The highest BCUT2D eigenvalue weighted by Crippen LogP contribution is 2.24. The number of halogens is 3. The quantitative estimate of drug-likeness (QED) is 0.696. The van der Waals surface area contributed by atoms with E-state index in [9.17, 15) is 18.0 Å². The predicted molar refractivity (Wildman–Crippen MR) is 81.6 cm³/mol. The summed E-state index contributed by atoms with van der Waals surface area (Å²) in [6, 6.07) is 5.92. The molecular formula is C14H11F3N6OS. The number of carbonyl (C=O) groups is 1. The highest BCUT2D eigenvalue weighted by Gasteiger charge is 2.23. The Morgan fingerprint density at radius 1 is 1.28 bits per heavy atom. The third-order valence-electron chi connectivity index (χ3n) is 3.20. The van der Waals surface area contributed by atoms with Crippen molar-refractivity contribution in [2.75, 3.05) is 0 Å². The maximum atomic E-state index is 12.9. The first kappa shape index (κ1) is 17.0. The van der Waals surface area contributed by atoms with E-state index in [-0.39, 0.29) is 12.4 Å². The maximum absolute atomic E-state index is 12.9. The largest absolute Gasteiger partial charge is 0.343 e. The van der Waals surface area contributed by atoms with Gasteiger partial charge in [-0.15, -0.1) is 5.10 Å². The van der Waals surface area contributed by atoms with E-state index in [1.165, 1.54) is 12.1 Å². The number of carbonyl (C=O) groups excluding carboxylic acids is 1. The number of aromatic amines is 1. The molecule has 0 aliphatic rings. The Morgan fingerprint density at radius 2 is 2.04 bits per heavy atom. The highest BCUT2D eigenvalue weighted by atomic mass is 32.1. The topological polar surface area (TPSA) is 96.5 Å². The lowest BCUT2D eigenvalue weighted by Crippen LogP contribution is -2.24. The van der Waals surface area contributed by atoms with Crippen LogP contribution in [0.1, 0.15) is 39.0 Å². The number of nitrogens with one attached hydrogen (secondary N) is 2. The van der Waals surface area contributed by atoms with Crippen LogP contribution >= 0.6 is 11.5 Å². The number of benzene rings is 1. The number of H-pyrrole nitrogens is 1. The van der Waals surface area contributed by atoms with Gasteiger partial charge in [0.25, 0.3) is 12.3 Å². The van der Waals surface area contributed by atoms with Crippen molar-refractivity contribution < 1.29 is 18.0 Å². The maximum Gasteiger partial charge on any atom is 0.276 e. The molecule has 0 spiro atoms. The van der Waals surface area contributed by atoms with E-state index in [0.29, 0.717) is 29.6 Å². The van der Waals surface area contributed by atoms with Crippen LogP contribution in [0, 0.1) is 5.82 Å². The summed E-state index contributed by atoms with van der Waals surface area (Å²) in [6.45, 7) is -0.0323. The van der Waals surface area contributed by atoms with Crippen LogP contribution in [-0.4, -0.2) is 30.7 Å². The molecule has 3 aromatic rings. The molecule has 2 heterocycles. The van der Waals surface area contributed by atoms with E-state index in [1.54, 1.807) is 12.1 Å². The molecule has 0 radical (unpaired) electrons. The number of hydrogen-bond acceptors (Lipinski definition) is 6. The van der Waals surface area contributed by atoms with Crippen LogP contribution in [0.2, 0.25) is 0 Å². The van der Waals surface area contributed by atoms with Gasteiger partial charge in [0.2, 0.25) is 0 Å². The predicted octanol–water partition coefficient (Wildman–Crippen LogP) is 2.25. The first-order valence-corrected chi connectivity index (χ1v) is 7.83. The summed E-state index contributed by atoms with van der Waals surface area (Å²) >= 11 is 0.480. The lowest BCUT2D eigenvalue weighted by molar-refractivity contribution is 0.0932. The van der Waals surface area contributed by atoms with Gasteiger partial charge in [0.15, 0.2) is 11.5 Å². The van der Waals surface area contributed by atoms with Gasteiger partial charge in [0.1, 0.15) is 16.5 Å². The van der Waals surface area contributed by atoms with Gasteiger partial charge in [-0.05, 0) is 29.2 Å². The second kappa shape index (κ2) is 7.38. The van der Waals surface area contributed by atoms with E-state index in [4.69, 9.17) is 0 Å². The number of rotatable bonds is 6. The Balaban J connectivity index is 1.59. The molecule has 130 valence electrons. The minimum absolute atomic E-state index is 0.0323. The smallest absolute Gasteiger partial charge is 0.276 e. The molecule has 2 aromatic heterocycles. The van der Waals surface area contributed by atoms with Crippen molar-refractivity contribution in [2.24, 2.45) is 0 Å². The molecule has 0 atom stereocenters. The fraction of sp³-hybridized carbons (Fsp3) is 0.214. The molecule has 1 amide bonds. The van der Waals surface area contributed by atoms with Gasteiger partial charge in [-0.2, -0.15) is 5.10 Å². The molecule has 0 fully saturated rings. The van der Waals surface area contributed by atoms with Gasteiger partial charge in [0.05, 0.1) is 6.54 Å². The highest BCUT2D eigenvalue weighted by molar-refractivity contribution is 7.05. The zero-order valence-electron chi connectivity index (χ0n) is 12.5. The monoisotopic (exact) mass is 368 g/mol. The van der Waals surface area contributed by atoms with E-state index >= 15 is 0 Å². The van der Waals surface area contributed by atoms with Crippen LogP contribution in [0.15, 0.2) is 24.3 Å². The summed E-state index contributed by atoms with van der Waals surface area (Å²) in [5.41, 5.74) is 0.428. The minimum Gasteiger partial charge on any atom is -0.343 e. The number of amides is 1. The van der Waals surface area contributed by atoms with Gasteiger partial charge >= 0.3 is 0 Å². The van der Waals surface area contributed by atoms with Gasteiger partial charge < -0.3 is 5.32 Å². The summed E-state index contributed by atoms with van der Waals surface area (Å²) in [5, 5.41) is 12.5. The fourth-order valence-corrected chi connectivity index (χ4v) is 2.53. The molecule has 0 aliphatic carbocycles. The minimum atomic E-state index is -2.81. The second-order valence-electron chi connectivity index (χ2n) is 4.97. The van der Waals surface area contributed by atoms with Gasteiger partial charge in [-0.25, -0.2) is 18.2 Å². The summed E-state index contributed by atoms with van der Waals surface area (Å²) < 4.78 is 41.7. The van der Waals surface area contributed by atoms with E-state index in [1.807, 2.05) is 0 Å².